The molecular formula is C12H24N2O2. The number of hydrogen-bond acceptors (Lipinski definition) is 3. The lowest BCUT2D eigenvalue weighted by molar-refractivity contribution is -0.126. The predicted molar refractivity (Wildman–Crippen MR) is 63.8 cm³/mol. The Bertz CT molecular complexity index is 237. The first kappa shape index (κ1) is 13.5. The van der Waals surface area contributed by atoms with Gasteiger partial charge in [0.25, 0.3) is 0 Å². The molecule has 0 aliphatic heterocycles. The molecule has 1 fully saturated rings. The van der Waals surface area contributed by atoms with Gasteiger partial charge in [-0.1, -0.05) is 13.3 Å². The second-order valence-electron chi connectivity index (χ2n) is 5.05. The Morgan fingerprint density at radius 2 is 2.25 bits per heavy atom. The van der Waals surface area contributed by atoms with E-state index in [1.165, 1.54) is 0 Å². The Labute approximate surface area is 97.6 Å². The molecule has 0 bridgehead atoms. The molecule has 0 radical (unpaired) electrons. The van der Waals surface area contributed by atoms with Crippen LogP contribution in [-0.4, -0.2) is 29.7 Å². The van der Waals surface area contributed by atoms with E-state index in [-0.39, 0.29) is 12.5 Å². The molecular weight excluding hydrogens is 204 g/mol. The van der Waals surface area contributed by atoms with Gasteiger partial charge in [-0.25, -0.2) is 0 Å². The summed E-state index contributed by atoms with van der Waals surface area (Å²) in [6.45, 7) is 4.67. The summed E-state index contributed by atoms with van der Waals surface area (Å²) in [5, 5.41) is 11.8. The molecule has 0 saturated heterocycles. The third-order valence-electron chi connectivity index (χ3n) is 3.58. The van der Waals surface area contributed by atoms with Crippen molar-refractivity contribution in [1.82, 2.24) is 5.32 Å². The van der Waals surface area contributed by atoms with Crippen molar-refractivity contribution in [3.05, 3.63) is 0 Å². The molecule has 1 aliphatic carbocycles. The summed E-state index contributed by atoms with van der Waals surface area (Å²) in [7, 11) is 0. The first-order valence-electron chi connectivity index (χ1n) is 6.20. The van der Waals surface area contributed by atoms with Gasteiger partial charge in [-0.15, -0.1) is 0 Å². The van der Waals surface area contributed by atoms with Crippen molar-refractivity contribution in [1.29, 1.82) is 0 Å². The zero-order valence-electron chi connectivity index (χ0n) is 10.3. The van der Waals surface area contributed by atoms with Crippen LogP contribution in [0.1, 0.15) is 39.5 Å². The molecule has 1 amide bonds. The average molecular weight is 228 g/mol. The zero-order chi connectivity index (χ0) is 12.2. The van der Waals surface area contributed by atoms with Crippen molar-refractivity contribution in [2.75, 3.05) is 13.2 Å². The van der Waals surface area contributed by atoms with E-state index in [9.17, 15) is 4.79 Å². The molecule has 1 aliphatic rings. The molecule has 0 aromatic rings. The fourth-order valence-electron chi connectivity index (χ4n) is 1.93. The Morgan fingerprint density at radius 1 is 1.62 bits per heavy atom. The predicted octanol–water partition coefficient (Wildman–Crippen LogP) is 0.639. The summed E-state index contributed by atoms with van der Waals surface area (Å²) in [5.74, 6) is 0.653. The zero-order valence-corrected chi connectivity index (χ0v) is 10.3. The van der Waals surface area contributed by atoms with Crippen molar-refractivity contribution in [2.24, 2.45) is 17.6 Å². The number of aliphatic hydroxyl groups is 1. The minimum Gasteiger partial charge on any atom is -0.396 e. The van der Waals surface area contributed by atoms with E-state index < -0.39 is 5.54 Å². The molecule has 4 nitrogen and oxygen atoms in total. The van der Waals surface area contributed by atoms with Crippen LogP contribution in [-0.2, 0) is 4.79 Å². The van der Waals surface area contributed by atoms with Crippen LogP contribution in [0.25, 0.3) is 0 Å². The van der Waals surface area contributed by atoms with E-state index in [4.69, 9.17) is 10.8 Å². The number of hydrogen-bond donors (Lipinski definition) is 3. The Hall–Kier alpha value is -0.610. The van der Waals surface area contributed by atoms with Gasteiger partial charge < -0.3 is 16.2 Å². The molecule has 0 aromatic carbocycles. The van der Waals surface area contributed by atoms with Crippen LogP contribution in [0, 0.1) is 11.8 Å². The van der Waals surface area contributed by atoms with E-state index in [1.807, 2.05) is 6.92 Å². The molecule has 2 unspecified atom stereocenters. The van der Waals surface area contributed by atoms with Crippen molar-refractivity contribution < 1.29 is 9.90 Å². The fourth-order valence-corrected chi connectivity index (χ4v) is 1.93. The largest absolute Gasteiger partial charge is 0.396 e. The van der Waals surface area contributed by atoms with Gasteiger partial charge in [0.15, 0.2) is 0 Å². The smallest absolute Gasteiger partial charge is 0.240 e. The number of nitrogens with two attached hydrogens (primary N) is 1. The van der Waals surface area contributed by atoms with Crippen LogP contribution in [0.2, 0.25) is 0 Å². The molecule has 1 saturated carbocycles. The second-order valence-corrected chi connectivity index (χ2v) is 5.05. The number of amides is 1. The number of carbonyl (C=O) groups is 1. The molecule has 2 atom stereocenters. The lowest BCUT2D eigenvalue weighted by Crippen LogP contribution is -2.54. The molecule has 1 rings (SSSR count). The topological polar surface area (TPSA) is 75.3 Å². The minimum atomic E-state index is -0.711. The molecule has 4 heteroatoms. The highest BCUT2D eigenvalue weighted by Crippen LogP contribution is 2.38. The molecule has 4 N–H and O–H groups in total. The van der Waals surface area contributed by atoms with Gasteiger partial charge in [0.2, 0.25) is 5.91 Å². The van der Waals surface area contributed by atoms with Crippen LogP contribution in [0.4, 0.5) is 0 Å². The van der Waals surface area contributed by atoms with E-state index in [2.05, 4.69) is 12.2 Å². The van der Waals surface area contributed by atoms with Crippen LogP contribution >= 0.6 is 0 Å². The van der Waals surface area contributed by atoms with Gasteiger partial charge in [0.1, 0.15) is 0 Å². The summed E-state index contributed by atoms with van der Waals surface area (Å²) in [4.78, 5) is 11.9. The summed E-state index contributed by atoms with van der Waals surface area (Å²) >= 11 is 0. The van der Waals surface area contributed by atoms with Gasteiger partial charge in [0, 0.05) is 13.2 Å². The van der Waals surface area contributed by atoms with Gasteiger partial charge in [-0.05, 0) is 38.0 Å². The van der Waals surface area contributed by atoms with Crippen molar-refractivity contribution in [3.8, 4) is 0 Å². The molecule has 0 spiro atoms. The maximum Gasteiger partial charge on any atom is 0.240 e. The maximum absolute atomic E-state index is 11.9. The van der Waals surface area contributed by atoms with Crippen LogP contribution in [0.3, 0.4) is 0 Å². The summed E-state index contributed by atoms with van der Waals surface area (Å²) in [6.07, 6.45) is 3.83. The number of carbonyl (C=O) groups excluding carboxylic acids is 1. The highest BCUT2D eigenvalue weighted by atomic mass is 16.3. The van der Waals surface area contributed by atoms with Crippen LogP contribution in [0.5, 0.6) is 0 Å². The quantitative estimate of drug-likeness (QED) is 0.598. The van der Waals surface area contributed by atoms with Gasteiger partial charge in [-0.2, -0.15) is 0 Å². The Kier molecular flexibility index (Phi) is 4.74. The standard InChI is InChI=1S/C12H24N2O2/c1-3-9(6-7-15)8-14-11(16)12(2,13)10-4-5-10/h9-10,15H,3-8,13H2,1-2H3,(H,14,16). The molecule has 16 heavy (non-hydrogen) atoms. The van der Waals surface area contributed by atoms with Crippen LogP contribution < -0.4 is 11.1 Å². The Morgan fingerprint density at radius 3 is 2.69 bits per heavy atom. The molecule has 0 heterocycles. The Balaban J connectivity index is 2.33. The van der Waals surface area contributed by atoms with Gasteiger partial charge in [-0.3, -0.25) is 4.79 Å². The highest BCUT2D eigenvalue weighted by Gasteiger charge is 2.43. The lowest BCUT2D eigenvalue weighted by atomic mass is 9.95. The van der Waals surface area contributed by atoms with Crippen molar-refractivity contribution in [2.45, 2.75) is 45.1 Å². The summed E-state index contributed by atoms with van der Waals surface area (Å²) in [5.41, 5.74) is 5.29. The van der Waals surface area contributed by atoms with E-state index in [0.717, 1.165) is 25.7 Å². The number of nitrogens with one attached hydrogen (secondary N) is 1. The number of aliphatic hydroxyl groups excluding tert-OH is 1. The van der Waals surface area contributed by atoms with E-state index in [1.54, 1.807) is 0 Å². The molecule has 94 valence electrons. The molecule has 0 aromatic heterocycles. The van der Waals surface area contributed by atoms with Crippen molar-refractivity contribution >= 4 is 5.91 Å². The third-order valence-corrected chi connectivity index (χ3v) is 3.58. The lowest BCUT2D eigenvalue weighted by Gasteiger charge is -2.24. The van der Waals surface area contributed by atoms with Crippen LogP contribution in [0.15, 0.2) is 0 Å². The summed E-state index contributed by atoms with van der Waals surface area (Å²) in [6, 6.07) is 0. The monoisotopic (exact) mass is 228 g/mol. The fraction of sp³-hybridized carbons (Fsp3) is 0.917. The normalized spacial score (nSPS) is 21.2. The third kappa shape index (κ3) is 3.46. The minimum absolute atomic E-state index is 0.0496. The average Bonchev–Trinajstić information content (AvgIpc) is 3.07. The first-order chi connectivity index (χ1) is 7.52. The van der Waals surface area contributed by atoms with Crippen molar-refractivity contribution in [3.63, 3.8) is 0 Å². The number of rotatable bonds is 7. The highest BCUT2D eigenvalue weighted by molar-refractivity contribution is 5.86. The van der Waals surface area contributed by atoms with Gasteiger partial charge >= 0.3 is 0 Å². The SMILES string of the molecule is CCC(CCO)CNC(=O)C(C)(N)C1CC1. The van der Waals surface area contributed by atoms with E-state index in [0.29, 0.717) is 18.4 Å². The van der Waals surface area contributed by atoms with Gasteiger partial charge in [0.05, 0.1) is 5.54 Å². The second kappa shape index (κ2) is 5.64. The van der Waals surface area contributed by atoms with E-state index >= 15 is 0 Å². The maximum atomic E-state index is 11.9. The first-order valence-corrected chi connectivity index (χ1v) is 6.20. The summed E-state index contributed by atoms with van der Waals surface area (Å²) < 4.78 is 0.